The molecule has 1 amide bonds. The Morgan fingerprint density at radius 1 is 1.86 bits per heavy atom. The fraction of sp³-hybridized carbons (Fsp3) is 0.333. The van der Waals surface area contributed by atoms with E-state index in [1.54, 1.807) is 18.3 Å². The van der Waals surface area contributed by atoms with Gasteiger partial charge < -0.3 is 5.32 Å². The number of nitriles is 1. The topological polar surface area (TPSA) is 52.9 Å². The van der Waals surface area contributed by atoms with Crippen LogP contribution in [-0.4, -0.2) is 5.91 Å². The van der Waals surface area contributed by atoms with E-state index in [9.17, 15) is 4.79 Å². The van der Waals surface area contributed by atoms with Gasteiger partial charge in [-0.05, 0) is 39.9 Å². The summed E-state index contributed by atoms with van der Waals surface area (Å²) in [6.45, 7) is 2.05. The lowest BCUT2D eigenvalue weighted by Gasteiger charge is -2.04. The number of hydrogen-bond acceptors (Lipinski definition) is 3. The third-order valence-corrected chi connectivity index (χ3v) is 3.54. The number of halogens is 1. The molecule has 0 fully saturated rings. The van der Waals surface area contributed by atoms with Gasteiger partial charge in [-0.3, -0.25) is 4.79 Å². The van der Waals surface area contributed by atoms with Crippen LogP contribution in [0.25, 0.3) is 0 Å². The minimum atomic E-state index is -0.590. The SMILES string of the molecule is CC(C#N)C(=O)NCc1ccsc1Br. The van der Waals surface area contributed by atoms with Crippen LogP contribution in [0.4, 0.5) is 0 Å². The summed E-state index contributed by atoms with van der Waals surface area (Å²) in [6, 6.07) is 3.82. The molecule has 0 aliphatic carbocycles. The third-order valence-electron chi connectivity index (χ3n) is 1.73. The predicted octanol–water partition coefficient (Wildman–Crippen LogP) is 2.29. The molecule has 0 aliphatic rings. The highest BCUT2D eigenvalue weighted by atomic mass is 79.9. The summed E-state index contributed by atoms with van der Waals surface area (Å²) in [5, 5.41) is 13.1. The third kappa shape index (κ3) is 2.82. The van der Waals surface area contributed by atoms with E-state index >= 15 is 0 Å². The zero-order valence-corrected chi connectivity index (χ0v) is 9.98. The maximum absolute atomic E-state index is 11.2. The molecule has 0 aliphatic heterocycles. The van der Waals surface area contributed by atoms with Crippen LogP contribution >= 0.6 is 27.3 Å². The van der Waals surface area contributed by atoms with Gasteiger partial charge >= 0.3 is 0 Å². The van der Waals surface area contributed by atoms with Crippen LogP contribution < -0.4 is 5.32 Å². The quantitative estimate of drug-likeness (QED) is 0.918. The van der Waals surface area contributed by atoms with Crippen molar-refractivity contribution in [1.29, 1.82) is 5.26 Å². The van der Waals surface area contributed by atoms with Gasteiger partial charge in [-0.15, -0.1) is 11.3 Å². The van der Waals surface area contributed by atoms with Crippen LogP contribution in [0.15, 0.2) is 15.2 Å². The number of carbonyl (C=O) groups is 1. The van der Waals surface area contributed by atoms with Gasteiger partial charge in [-0.25, -0.2) is 0 Å². The van der Waals surface area contributed by atoms with Crippen molar-refractivity contribution in [2.45, 2.75) is 13.5 Å². The monoisotopic (exact) mass is 272 g/mol. The first-order valence-corrected chi connectivity index (χ1v) is 5.71. The van der Waals surface area contributed by atoms with Crippen molar-refractivity contribution in [1.82, 2.24) is 5.32 Å². The number of nitrogens with one attached hydrogen (secondary N) is 1. The molecule has 1 rings (SSSR count). The molecule has 0 saturated heterocycles. The van der Waals surface area contributed by atoms with Crippen LogP contribution in [0.3, 0.4) is 0 Å². The molecule has 3 nitrogen and oxygen atoms in total. The Bertz CT molecular complexity index is 369. The highest BCUT2D eigenvalue weighted by Gasteiger charge is 2.11. The van der Waals surface area contributed by atoms with Crippen LogP contribution in [0, 0.1) is 17.2 Å². The first-order chi connectivity index (χ1) is 6.65. The molecular formula is C9H9BrN2OS. The normalized spacial score (nSPS) is 11.8. The summed E-state index contributed by atoms with van der Waals surface area (Å²) in [5.74, 6) is -0.821. The summed E-state index contributed by atoms with van der Waals surface area (Å²) < 4.78 is 1.02. The fourth-order valence-electron chi connectivity index (χ4n) is 0.840. The van der Waals surface area contributed by atoms with Gasteiger partial charge in [0.2, 0.25) is 5.91 Å². The second-order valence-corrected chi connectivity index (χ2v) is 5.02. The molecule has 1 N–H and O–H groups in total. The molecule has 0 saturated carbocycles. The number of rotatable bonds is 3. The van der Waals surface area contributed by atoms with E-state index in [1.807, 2.05) is 17.5 Å². The van der Waals surface area contributed by atoms with Crippen LogP contribution in [0.2, 0.25) is 0 Å². The molecule has 0 spiro atoms. The summed E-state index contributed by atoms with van der Waals surface area (Å²) in [7, 11) is 0. The van der Waals surface area contributed by atoms with Crippen molar-refractivity contribution < 1.29 is 4.79 Å². The van der Waals surface area contributed by atoms with E-state index in [-0.39, 0.29) is 5.91 Å². The van der Waals surface area contributed by atoms with Crippen molar-refractivity contribution >= 4 is 33.2 Å². The molecule has 0 radical (unpaired) electrons. The summed E-state index contributed by atoms with van der Waals surface area (Å²) in [4.78, 5) is 11.2. The van der Waals surface area contributed by atoms with Gasteiger partial charge in [0.05, 0.1) is 9.86 Å². The molecule has 0 bridgehead atoms. The van der Waals surface area contributed by atoms with E-state index in [4.69, 9.17) is 5.26 Å². The largest absolute Gasteiger partial charge is 0.351 e. The van der Waals surface area contributed by atoms with Crippen LogP contribution in [-0.2, 0) is 11.3 Å². The number of amides is 1. The lowest BCUT2D eigenvalue weighted by atomic mass is 10.2. The number of carbonyl (C=O) groups excluding carboxylic acids is 1. The van der Waals surface area contributed by atoms with Crippen molar-refractivity contribution in [3.8, 4) is 6.07 Å². The van der Waals surface area contributed by atoms with E-state index in [2.05, 4.69) is 21.2 Å². The van der Waals surface area contributed by atoms with Crippen LogP contribution in [0.5, 0.6) is 0 Å². The molecule has 1 aromatic rings. The first kappa shape index (κ1) is 11.2. The Morgan fingerprint density at radius 2 is 2.57 bits per heavy atom. The lowest BCUT2D eigenvalue weighted by molar-refractivity contribution is -0.123. The second-order valence-electron chi connectivity index (χ2n) is 2.79. The highest BCUT2D eigenvalue weighted by Crippen LogP contribution is 2.22. The minimum Gasteiger partial charge on any atom is -0.351 e. The van der Waals surface area contributed by atoms with E-state index in [0.29, 0.717) is 6.54 Å². The summed E-state index contributed by atoms with van der Waals surface area (Å²) in [6.07, 6.45) is 0. The summed E-state index contributed by atoms with van der Waals surface area (Å²) >= 11 is 4.94. The smallest absolute Gasteiger partial charge is 0.237 e. The maximum Gasteiger partial charge on any atom is 0.237 e. The lowest BCUT2D eigenvalue weighted by Crippen LogP contribution is -2.27. The standard InChI is InChI=1S/C9H9BrN2OS/c1-6(4-11)9(13)12-5-7-2-3-14-8(7)10/h2-3,6H,5H2,1H3,(H,12,13). The number of thiophene rings is 1. The average molecular weight is 273 g/mol. The average Bonchev–Trinajstić information content (AvgIpc) is 2.59. The summed E-state index contributed by atoms with van der Waals surface area (Å²) in [5.41, 5.74) is 1.04. The van der Waals surface area contributed by atoms with Gasteiger partial charge in [0, 0.05) is 6.54 Å². The zero-order valence-electron chi connectivity index (χ0n) is 7.58. The Balaban J connectivity index is 2.46. The predicted molar refractivity (Wildman–Crippen MR) is 58.6 cm³/mol. The Hall–Kier alpha value is -0.860. The highest BCUT2D eigenvalue weighted by molar-refractivity contribution is 9.11. The van der Waals surface area contributed by atoms with E-state index in [0.717, 1.165) is 9.35 Å². The van der Waals surface area contributed by atoms with Gasteiger partial charge in [0.25, 0.3) is 0 Å². The van der Waals surface area contributed by atoms with Crippen LogP contribution in [0.1, 0.15) is 12.5 Å². The Labute approximate surface area is 94.9 Å². The molecule has 1 atom stereocenters. The number of hydrogen-bond donors (Lipinski definition) is 1. The molecule has 1 heterocycles. The van der Waals surface area contributed by atoms with Crippen molar-refractivity contribution in [2.24, 2.45) is 5.92 Å². The molecule has 1 aromatic heterocycles. The van der Waals surface area contributed by atoms with E-state index < -0.39 is 5.92 Å². The fourth-order valence-corrected chi connectivity index (χ4v) is 2.08. The van der Waals surface area contributed by atoms with Crippen molar-refractivity contribution in [3.63, 3.8) is 0 Å². The zero-order chi connectivity index (χ0) is 10.6. The van der Waals surface area contributed by atoms with E-state index in [1.165, 1.54) is 0 Å². The molecule has 0 aromatic carbocycles. The maximum atomic E-state index is 11.2. The first-order valence-electron chi connectivity index (χ1n) is 4.04. The second kappa shape index (κ2) is 5.13. The number of nitrogens with zero attached hydrogens (tertiary/aromatic N) is 1. The Morgan fingerprint density at radius 3 is 3.07 bits per heavy atom. The molecule has 74 valence electrons. The molecule has 14 heavy (non-hydrogen) atoms. The van der Waals surface area contributed by atoms with Crippen molar-refractivity contribution in [2.75, 3.05) is 0 Å². The van der Waals surface area contributed by atoms with Gasteiger partial charge in [0.15, 0.2) is 0 Å². The Kier molecular flexibility index (Phi) is 4.11. The van der Waals surface area contributed by atoms with Crippen molar-refractivity contribution in [3.05, 3.63) is 20.8 Å². The van der Waals surface area contributed by atoms with Gasteiger partial charge in [0.1, 0.15) is 5.92 Å². The van der Waals surface area contributed by atoms with Gasteiger partial charge in [-0.1, -0.05) is 0 Å². The minimum absolute atomic E-state index is 0.231. The van der Waals surface area contributed by atoms with Gasteiger partial charge in [-0.2, -0.15) is 5.26 Å². The molecular weight excluding hydrogens is 264 g/mol. The molecule has 1 unspecified atom stereocenters. The molecule has 5 heteroatoms.